The van der Waals surface area contributed by atoms with E-state index in [1.165, 1.54) is 11.0 Å². The summed E-state index contributed by atoms with van der Waals surface area (Å²) in [6.45, 7) is 0.926. The molecule has 0 saturated carbocycles. The molecule has 0 spiro atoms. The van der Waals surface area contributed by atoms with E-state index in [0.717, 1.165) is 0 Å². The van der Waals surface area contributed by atoms with Crippen molar-refractivity contribution >= 4 is 27.7 Å². The summed E-state index contributed by atoms with van der Waals surface area (Å²) >= 11 is 3.17. The fourth-order valence-electron chi connectivity index (χ4n) is 1.30. The maximum Gasteiger partial charge on any atom is 0.414 e. The highest BCUT2D eigenvalue weighted by Gasteiger charge is 2.23. The molecule has 5 heteroatoms. The Kier molecular flexibility index (Phi) is 2.33. The third-order valence-electron chi connectivity index (χ3n) is 2.00. The Labute approximate surface area is 89.2 Å². The lowest BCUT2D eigenvalue weighted by molar-refractivity contribution is 0.181. The first kappa shape index (κ1) is 9.33. The lowest BCUT2D eigenvalue weighted by Gasteiger charge is -2.12. The molecule has 1 heterocycles. The number of phenolic OH excluding ortho intramolecular Hbond substituents is 1. The second-order valence-electron chi connectivity index (χ2n) is 2.90. The van der Waals surface area contributed by atoms with Crippen LogP contribution in [0.5, 0.6) is 5.75 Å². The van der Waals surface area contributed by atoms with E-state index in [9.17, 15) is 9.90 Å². The van der Waals surface area contributed by atoms with Crippen molar-refractivity contribution in [2.24, 2.45) is 0 Å². The van der Waals surface area contributed by atoms with Crippen LogP contribution < -0.4 is 4.90 Å². The van der Waals surface area contributed by atoms with Gasteiger partial charge in [-0.2, -0.15) is 0 Å². The predicted molar refractivity (Wildman–Crippen MR) is 54.5 cm³/mol. The number of ether oxygens (including phenoxy) is 1. The maximum absolute atomic E-state index is 11.2. The number of hydrogen-bond donors (Lipinski definition) is 1. The zero-order valence-corrected chi connectivity index (χ0v) is 8.82. The van der Waals surface area contributed by atoms with E-state index >= 15 is 0 Å². The third kappa shape index (κ3) is 1.55. The third-order valence-corrected chi connectivity index (χ3v) is 2.67. The van der Waals surface area contributed by atoms with Gasteiger partial charge in [0.05, 0.1) is 16.7 Å². The Morgan fingerprint density at radius 3 is 2.86 bits per heavy atom. The molecule has 0 unspecified atom stereocenters. The highest BCUT2D eigenvalue weighted by atomic mass is 79.9. The van der Waals surface area contributed by atoms with Gasteiger partial charge in [-0.1, -0.05) is 0 Å². The van der Waals surface area contributed by atoms with Crippen LogP contribution in [0, 0.1) is 0 Å². The van der Waals surface area contributed by atoms with Crippen LogP contribution in [0.25, 0.3) is 0 Å². The molecule has 1 aromatic rings. The molecule has 1 fully saturated rings. The maximum atomic E-state index is 11.2. The zero-order chi connectivity index (χ0) is 10.1. The fraction of sp³-hybridized carbons (Fsp3) is 0.222. The van der Waals surface area contributed by atoms with Gasteiger partial charge in [0, 0.05) is 6.07 Å². The second-order valence-corrected chi connectivity index (χ2v) is 3.76. The highest BCUT2D eigenvalue weighted by Crippen LogP contribution is 2.29. The van der Waals surface area contributed by atoms with Crippen LogP contribution >= 0.6 is 15.9 Å². The molecule has 2 rings (SSSR count). The number of carbonyl (C=O) groups excluding carboxylic acids is 1. The van der Waals surface area contributed by atoms with Crippen LogP contribution in [0.2, 0.25) is 0 Å². The first-order chi connectivity index (χ1) is 6.68. The SMILES string of the molecule is O=C1OCCN1c1ccc(Br)c(O)c1. The Morgan fingerprint density at radius 2 is 2.29 bits per heavy atom. The van der Waals surface area contributed by atoms with Crippen LogP contribution in [0.1, 0.15) is 0 Å². The van der Waals surface area contributed by atoms with Gasteiger partial charge in [-0.15, -0.1) is 0 Å². The van der Waals surface area contributed by atoms with Crippen LogP contribution in [-0.2, 0) is 4.74 Å². The monoisotopic (exact) mass is 257 g/mol. The zero-order valence-electron chi connectivity index (χ0n) is 7.24. The summed E-state index contributed by atoms with van der Waals surface area (Å²) in [7, 11) is 0. The van der Waals surface area contributed by atoms with Gasteiger partial charge in [0.25, 0.3) is 0 Å². The van der Waals surface area contributed by atoms with E-state index in [0.29, 0.717) is 23.3 Å². The van der Waals surface area contributed by atoms with Crippen LogP contribution in [-0.4, -0.2) is 24.4 Å². The summed E-state index contributed by atoms with van der Waals surface area (Å²) < 4.78 is 5.39. The Bertz CT molecular complexity index is 380. The van der Waals surface area contributed by atoms with Crippen molar-refractivity contribution in [3.05, 3.63) is 22.7 Å². The minimum absolute atomic E-state index is 0.113. The van der Waals surface area contributed by atoms with E-state index in [4.69, 9.17) is 4.74 Å². The molecular weight excluding hydrogens is 250 g/mol. The van der Waals surface area contributed by atoms with Gasteiger partial charge in [-0.05, 0) is 28.1 Å². The molecule has 0 radical (unpaired) electrons. The standard InChI is InChI=1S/C9H8BrNO3/c10-7-2-1-6(5-8(7)12)11-3-4-14-9(11)13/h1-2,5,12H,3-4H2. The first-order valence-corrected chi connectivity index (χ1v) is 4.90. The highest BCUT2D eigenvalue weighted by molar-refractivity contribution is 9.10. The van der Waals surface area contributed by atoms with Crippen molar-refractivity contribution in [3.63, 3.8) is 0 Å². The Morgan fingerprint density at radius 1 is 1.50 bits per heavy atom. The van der Waals surface area contributed by atoms with E-state index in [2.05, 4.69) is 15.9 Å². The van der Waals surface area contributed by atoms with Crippen LogP contribution in [0.15, 0.2) is 22.7 Å². The van der Waals surface area contributed by atoms with Gasteiger partial charge in [0.2, 0.25) is 0 Å². The van der Waals surface area contributed by atoms with Gasteiger partial charge in [-0.25, -0.2) is 4.79 Å². The molecule has 74 valence electrons. The first-order valence-electron chi connectivity index (χ1n) is 4.11. The van der Waals surface area contributed by atoms with E-state index < -0.39 is 0 Å². The van der Waals surface area contributed by atoms with Crippen molar-refractivity contribution in [1.29, 1.82) is 0 Å². The van der Waals surface area contributed by atoms with Crippen molar-refractivity contribution in [3.8, 4) is 5.75 Å². The summed E-state index contributed by atoms with van der Waals surface area (Å²) in [6, 6.07) is 4.96. The van der Waals surface area contributed by atoms with Crippen molar-refractivity contribution in [2.75, 3.05) is 18.1 Å². The molecule has 0 bridgehead atoms. The Balaban J connectivity index is 2.32. The molecule has 0 aliphatic carbocycles. The number of rotatable bonds is 1. The predicted octanol–water partition coefficient (Wildman–Crippen LogP) is 2.11. The van der Waals surface area contributed by atoms with Crippen molar-refractivity contribution in [2.45, 2.75) is 0 Å². The lowest BCUT2D eigenvalue weighted by atomic mass is 10.3. The van der Waals surface area contributed by atoms with Crippen molar-refractivity contribution < 1.29 is 14.6 Å². The molecule has 0 atom stereocenters. The largest absolute Gasteiger partial charge is 0.507 e. The molecule has 14 heavy (non-hydrogen) atoms. The van der Waals surface area contributed by atoms with Gasteiger partial charge in [0.1, 0.15) is 12.4 Å². The topological polar surface area (TPSA) is 49.8 Å². The van der Waals surface area contributed by atoms with Gasteiger partial charge < -0.3 is 9.84 Å². The van der Waals surface area contributed by atoms with Crippen molar-refractivity contribution in [1.82, 2.24) is 0 Å². The summed E-state index contributed by atoms with van der Waals surface area (Å²) in [5.74, 6) is 0.113. The minimum Gasteiger partial charge on any atom is -0.507 e. The minimum atomic E-state index is -0.369. The normalized spacial score (nSPS) is 15.8. The molecule has 1 N–H and O–H groups in total. The second kappa shape index (κ2) is 3.49. The number of nitrogens with zero attached hydrogens (tertiary/aromatic N) is 1. The number of carbonyl (C=O) groups is 1. The molecule has 1 saturated heterocycles. The van der Waals surface area contributed by atoms with E-state index in [1.807, 2.05) is 0 Å². The van der Waals surface area contributed by atoms with E-state index in [1.54, 1.807) is 12.1 Å². The number of amides is 1. The molecule has 1 amide bonds. The van der Waals surface area contributed by atoms with Gasteiger partial charge in [0.15, 0.2) is 0 Å². The number of aromatic hydroxyl groups is 1. The summed E-state index contributed by atoms with van der Waals surface area (Å²) in [5, 5.41) is 9.42. The molecule has 0 aromatic heterocycles. The quantitative estimate of drug-likeness (QED) is 0.839. The molecule has 4 nitrogen and oxygen atoms in total. The van der Waals surface area contributed by atoms with Gasteiger partial charge in [-0.3, -0.25) is 4.90 Å². The van der Waals surface area contributed by atoms with Crippen LogP contribution in [0.3, 0.4) is 0 Å². The number of anilines is 1. The number of cyclic esters (lactones) is 1. The average molecular weight is 258 g/mol. The number of phenols is 1. The number of hydrogen-bond acceptors (Lipinski definition) is 3. The Hall–Kier alpha value is -1.23. The average Bonchev–Trinajstić information content (AvgIpc) is 2.57. The number of halogens is 1. The lowest BCUT2D eigenvalue weighted by Crippen LogP contribution is -2.23. The van der Waals surface area contributed by atoms with E-state index in [-0.39, 0.29) is 11.8 Å². The fourth-order valence-corrected chi connectivity index (χ4v) is 1.54. The molecular formula is C9H8BrNO3. The van der Waals surface area contributed by atoms with Crippen LogP contribution in [0.4, 0.5) is 10.5 Å². The van der Waals surface area contributed by atoms with Gasteiger partial charge >= 0.3 is 6.09 Å². The molecule has 1 aliphatic heterocycles. The molecule has 1 aromatic carbocycles. The summed E-state index contributed by atoms with van der Waals surface area (Å²) in [5.41, 5.74) is 0.646. The summed E-state index contributed by atoms with van der Waals surface area (Å²) in [4.78, 5) is 12.7. The summed E-state index contributed by atoms with van der Waals surface area (Å²) in [6.07, 6.45) is -0.369. The number of benzene rings is 1. The molecule has 1 aliphatic rings. The smallest absolute Gasteiger partial charge is 0.414 e.